The second-order valence-electron chi connectivity index (χ2n) is 9.88. The number of rotatable bonds is 7. The summed E-state index contributed by atoms with van der Waals surface area (Å²) in [7, 11) is 0. The largest absolute Gasteiger partial charge is 0.452 e. The number of benzene rings is 4. The van der Waals surface area contributed by atoms with Crippen LogP contribution in [0.5, 0.6) is 0 Å². The molecule has 0 atom stereocenters. The molecule has 1 saturated heterocycles. The number of carbonyl (C=O) groups is 2. The van der Waals surface area contributed by atoms with Gasteiger partial charge in [-0.25, -0.2) is 9.78 Å². The minimum Gasteiger partial charge on any atom is -0.452 e. The third-order valence-electron chi connectivity index (χ3n) is 7.18. The van der Waals surface area contributed by atoms with Gasteiger partial charge in [0.25, 0.3) is 5.91 Å². The van der Waals surface area contributed by atoms with Crippen LogP contribution in [0.1, 0.15) is 28.8 Å². The van der Waals surface area contributed by atoms with Crippen LogP contribution in [0.15, 0.2) is 95.4 Å². The summed E-state index contributed by atoms with van der Waals surface area (Å²) in [4.78, 5) is 32.8. The number of esters is 1. The van der Waals surface area contributed by atoms with E-state index in [9.17, 15) is 9.59 Å². The quantitative estimate of drug-likeness (QED) is 0.283. The maximum Gasteiger partial charge on any atom is 0.339 e. The van der Waals surface area contributed by atoms with Crippen molar-refractivity contribution in [1.82, 2.24) is 15.2 Å². The molecule has 1 amide bonds. The van der Waals surface area contributed by atoms with Gasteiger partial charge in [0, 0.05) is 36.6 Å². The Morgan fingerprint density at radius 2 is 1.64 bits per heavy atom. The van der Waals surface area contributed by atoms with E-state index in [1.54, 1.807) is 12.1 Å². The molecular weight excluding hydrogens is 490 g/mol. The number of carbonyl (C=O) groups excluding carboxylic acids is 2. The summed E-state index contributed by atoms with van der Waals surface area (Å²) in [6.07, 6.45) is 1.73. The lowest BCUT2D eigenvalue weighted by atomic mass is 9.99. The molecule has 2 heterocycles. The first-order valence-corrected chi connectivity index (χ1v) is 13.2. The van der Waals surface area contributed by atoms with E-state index in [0.717, 1.165) is 43.4 Å². The molecule has 0 radical (unpaired) electrons. The number of hydrogen-bond acceptors (Lipinski definition) is 6. The highest BCUT2D eigenvalue weighted by Gasteiger charge is 2.22. The van der Waals surface area contributed by atoms with Crippen molar-refractivity contribution >= 4 is 33.7 Å². The van der Waals surface area contributed by atoms with Crippen LogP contribution in [0.25, 0.3) is 33.3 Å². The number of likely N-dealkylation sites (tertiary alicyclic amines) is 1. The van der Waals surface area contributed by atoms with Crippen molar-refractivity contribution in [3.05, 3.63) is 102 Å². The molecule has 196 valence electrons. The van der Waals surface area contributed by atoms with Crippen molar-refractivity contribution in [2.24, 2.45) is 0 Å². The highest BCUT2D eigenvalue weighted by molar-refractivity contribution is 6.10. The van der Waals surface area contributed by atoms with Gasteiger partial charge in [-0.2, -0.15) is 0 Å². The number of nitrogens with one attached hydrogen (secondary N) is 1. The van der Waals surface area contributed by atoms with E-state index in [0.29, 0.717) is 28.0 Å². The molecule has 0 spiro atoms. The first-order valence-electron chi connectivity index (χ1n) is 13.2. The Hall–Kier alpha value is -4.49. The molecule has 1 aliphatic rings. The molecule has 4 aromatic carbocycles. The molecule has 5 aromatic rings. The number of ether oxygens (including phenoxy) is 1. The zero-order chi connectivity index (χ0) is 26.6. The van der Waals surface area contributed by atoms with Gasteiger partial charge in [-0.05, 0) is 48.1 Å². The maximum atomic E-state index is 13.2. The summed E-state index contributed by atoms with van der Waals surface area (Å²) in [6.45, 7) is 2.41. The lowest BCUT2D eigenvalue weighted by Crippen LogP contribution is -2.45. The van der Waals surface area contributed by atoms with Gasteiger partial charge >= 0.3 is 5.97 Å². The van der Waals surface area contributed by atoms with Crippen LogP contribution >= 0.6 is 0 Å². The van der Waals surface area contributed by atoms with Crippen LogP contribution in [0.3, 0.4) is 0 Å². The zero-order valence-corrected chi connectivity index (χ0v) is 21.5. The van der Waals surface area contributed by atoms with Crippen LogP contribution in [-0.4, -0.2) is 47.5 Å². The number of piperidine rings is 1. The maximum absolute atomic E-state index is 13.2. The molecule has 0 aliphatic carbocycles. The second-order valence-corrected chi connectivity index (χ2v) is 9.88. The van der Waals surface area contributed by atoms with Crippen LogP contribution in [0.2, 0.25) is 0 Å². The normalized spacial score (nSPS) is 14.5. The minimum absolute atomic E-state index is 0.0755. The first-order chi connectivity index (χ1) is 19.1. The molecule has 7 heteroatoms. The monoisotopic (exact) mass is 519 g/mol. The molecule has 1 N–H and O–H groups in total. The van der Waals surface area contributed by atoms with Gasteiger partial charge < -0.3 is 14.5 Å². The second kappa shape index (κ2) is 11.1. The molecule has 39 heavy (non-hydrogen) atoms. The Morgan fingerprint density at radius 1 is 0.897 bits per heavy atom. The molecule has 1 aromatic heterocycles. The van der Waals surface area contributed by atoms with Gasteiger partial charge in [0.15, 0.2) is 12.2 Å². The van der Waals surface area contributed by atoms with Crippen molar-refractivity contribution in [2.45, 2.75) is 25.4 Å². The van der Waals surface area contributed by atoms with E-state index in [2.05, 4.69) is 39.5 Å². The fourth-order valence-electron chi connectivity index (χ4n) is 5.23. The van der Waals surface area contributed by atoms with E-state index in [4.69, 9.17) is 9.15 Å². The Kier molecular flexibility index (Phi) is 7.06. The molecular formula is C32H29N3O4. The lowest BCUT2D eigenvalue weighted by molar-refractivity contribution is -0.125. The smallest absolute Gasteiger partial charge is 0.339 e. The van der Waals surface area contributed by atoms with Gasteiger partial charge in [0.2, 0.25) is 5.89 Å². The Morgan fingerprint density at radius 3 is 2.44 bits per heavy atom. The molecule has 6 rings (SSSR count). The zero-order valence-electron chi connectivity index (χ0n) is 21.5. The predicted molar refractivity (Wildman–Crippen MR) is 150 cm³/mol. The van der Waals surface area contributed by atoms with Crippen LogP contribution in [0.4, 0.5) is 0 Å². The fourth-order valence-corrected chi connectivity index (χ4v) is 5.23. The van der Waals surface area contributed by atoms with Crippen LogP contribution in [0, 0.1) is 0 Å². The SMILES string of the molecule is O=C(COC(=O)c1cccc2cccc(-c3nc4ccccc4o3)c12)NC1CCN(Cc2ccccc2)CC1. The van der Waals surface area contributed by atoms with Gasteiger partial charge in [0.1, 0.15) is 5.52 Å². The summed E-state index contributed by atoms with van der Waals surface area (Å²) < 4.78 is 11.5. The third kappa shape index (κ3) is 5.54. The van der Waals surface area contributed by atoms with Gasteiger partial charge in [-0.15, -0.1) is 0 Å². The van der Waals surface area contributed by atoms with Crippen molar-refractivity contribution in [3.8, 4) is 11.5 Å². The van der Waals surface area contributed by atoms with Crippen molar-refractivity contribution in [2.75, 3.05) is 19.7 Å². The average molecular weight is 520 g/mol. The van der Waals surface area contributed by atoms with E-state index in [1.165, 1.54) is 5.56 Å². The molecule has 7 nitrogen and oxygen atoms in total. The van der Waals surface area contributed by atoms with Gasteiger partial charge in [-0.1, -0.05) is 66.7 Å². The van der Waals surface area contributed by atoms with E-state index in [1.807, 2.05) is 54.6 Å². The summed E-state index contributed by atoms with van der Waals surface area (Å²) in [5, 5.41) is 4.57. The number of nitrogens with zero attached hydrogens (tertiary/aromatic N) is 2. The summed E-state index contributed by atoms with van der Waals surface area (Å²) in [5.74, 6) is -0.417. The number of amides is 1. The fraction of sp³-hybridized carbons (Fsp3) is 0.219. The third-order valence-corrected chi connectivity index (χ3v) is 7.18. The number of oxazole rings is 1. The number of aromatic nitrogens is 1. The summed E-state index contributed by atoms with van der Waals surface area (Å²) in [6, 6.07) is 29.1. The van der Waals surface area contributed by atoms with E-state index in [-0.39, 0.29) is 18.6 Å². The summed E-state index contributed by atoms with van der Waals surface area (Å²) in [5.41, 5.74) is 3.77. The predicted octanol–water partition coefficient (Wildman–Crippen LogP) is 5.59. The highest BCUT2D eigenvalue weighted by Crippen LogP contribution is 2.33. The van der Waals surface area contributed by atoms with Gasteiger partial charge in [-0.3, -0.25) is 9.69 Å². The van der Waals surface area contributed by atoms with Crippen LogP contribution < -0.4 is 5.32 Å². The van der Waals surface area contributed by atoms with E-state index >= 15 is 0 Å². The van der Waals surface area contributed by atoms with Gasteiger partial charge in [0.05, 0.1) is 5.56 Å². The number of hydrogen-bond donors (Lipinski definition) is 1. The molecule has 0 bridgehead atoms. The van der Waals surface area contributed by atoms with Crippen molar-refractivity contribution in [1.29, 1.82) is 0 Å². The van der Waals surface area contributed by atoms with Crippen molar-refractivity contribution < 1.29 is 18.7 Å². The standard InChI is InChI=1S/C32H29N3O4/c36-29(33-24-16-18-35(19-17-24)20-22-8-2-1-3-9-22)21-38-32(37)26-13-7-11-23-10-6-12-25(30(23)26)31-34-27-14-4-5-15-28(27)39-31/h1-15,24H,16-21H2,(H,33,36). The highest BCUT2D eigenvalue weighted by atomic mass is 16.5. The average Bonchev–Trinajstić information content (AvgIpc) is 3.41. The summed E-state index contributed by atoms with van der Waals surface area (Å²) >= 11 is 0. The Balaban J connectivity index is 1.10. The Bertz CT molecular complexity index is 1580. The van der Waals surface area contributed by atoms with Crippen LogP contribution in [-0.2, 0) is 16.1 Å². The Labute approximate surface area is 226 Å². The van der Waals surface area contributed by atoms with E-state index < -0.39 is 5.97 Å². The minimum atomic E-state index is -0.558. The number of fused-ring (bicyclic) bond motifs is 2. The first kappa shape index (κ1) is 24.8. The van der Waals surface area contributed by atoms with Crippen molar-refractivity contribution in [3.63, 3.8) is 0 Å². The molecule has 1 fully saturated rings. The molecule has 0 saturated carbocycles. The number of para-hydroxylation sites is 2. The molecule has 1 aliphatic heterocycles. The molecule has 0 unspecified atom stereocenters. The lowest BCUT2D eigenvalue weighted by Gasteiger charge is -2.32. The topological polar surface area (TPSA) is 84.7 Å².